The molecule has 0 bridgehead atoms. The minimum absolute atomic E-state index is 0.0249. The van der Waals surface area contributed by atoms with Gasteiger partial charge < -0.3 is 9.64 Å². The largest absolute Gasteiger partial charge is 0.444 e. The Bertz CT molecular complexity index is 539. The Hall–Kier alpha value is -1.47. The monoisotopic (exact) mass is 339 g/mol. The third kappa shape index (κ3) is 5.28. The predicted molar refractivity (Wildman–Crippen MR) is 89.9 cm³/mol. The van der Waals surface area contributed by atoms with Crippen LogP contribution in [0.1, 0.15) is 43.4 Å². The lowest BCUT2D eigenvalue weighted by atomic mass is 10.0. The van der Waals surface area contributed by atoms with Crippen LogP contribution in [0.5, 0.6) is 0 Å². The van der Waals surface area contributed by atoms with E-state index in [2.05, 4.69) is 4.98 Å². The van der Waals surface area contributed by atoms with E-state index in [9.17, 15) is 9.59 Å². The van der Waals surface area contributed by atoms with E-state index in [1.807, 2.05) is 32.7 Å². The van der Waals surface area contributed by atoms with Crippen LogP contribution in [-0.4, -0.2) is 65.0 Å². The van der Waals surface area contributed by atoms with Crippen molar-refractivity contribution < 1.29 is 14.3 Å². The number of amides is 1. The number of carbonyl (C=O) groups excluding carboxylic acids is 2. The summed E-state index contributed by atoms with van der Waals surface area (Å²) in [4.78, 5) is 32.2. The van der Waals surface area contributed by atoms with Gasteiger partial charge >= 0.3 is 6.09 Å². The zero-order chi connectivity index (χ0) is 17.0. The second kappa shape index (κ2) is 7.40. The van der Waals surface area contributed by atoms with Gasteiger partial charge in [-0.2, -0.15) is 0 Å². The summed E-state index contributed by atoms with van der Waals surface area (Å²) in [5.74, 6) is 0.0249. The van der Waals surface area contributed by atoms with Crippen LogP contribution in [0.3, 0.4) is 0 Å². The highest BCUT2D eigenvalue weighted by molar-refractivity contribution is 7.11. The Morgan fingerprint density at radius 2 is 2.22 bits per heavy atom. The topological polar surface area (TPSA) is 62.7 Å². The molecule has 0 saturated carbocycles. The maximum absolute atomic E-state index is 12.2. The fourth-order valence-corrected chi connectivity index (χ4v) is 3.16. The fourth-order valence-electron chi connectivity index (χ4n) is 2.59. The van der Waals surface area contributed by atoms with Crippen molar-refractivity contribution in [1.82, 2.24) is 14.8 Å². The second-order valence-corrected chi connectivity index (χ2v) is 7.79. The highest BCUT2D eigenvalue weighted by Crippen LogP contribution is 2.18. The van der Waals surface area contributed by atoms with Crippen LogP contribution < -0.4 is 0 Å². The first-order valence-corrected chi connectivity index (χ1v) is 8.75. The molecular weight excluding hydrogens is 314 g/mol. The third-order valence-electron chi connectivity index (χ3n) is 3.74. The van der Waals surface area contributed by atoms with Gasteiger partial charge in [-0.1, -0.05) is 0 Å². The average molecular weight is 339 g/mol. The molecule has 1 saturated heterocycles. The molecule has 1 atom stereocenters. The molecule has 2 heterocycles. The molecule has 0 aliphatic carbocycles. The van der Waals surface area contributed by atoms with Gasteiger partial charge in [0.15, 0.2) is 5.01 Å². The van der Waals surface area contributed by atoms with E-state index < -0.39 is 5.60 Å². The molecule has 1 amide bonds. The molecule has 1 aromatic heterocycles. The lowest BCUT2D eigenvalue weighted by Crippen LogP contribution is -2.50. The van der Waals surface area contributed by atoms with Crippen molar-refractivity contribution in [3.63, 3.8) is 0 Å². The van der Waals surface area contributed by atoms with E-state index in [4.69, 9.17) is 4.74 Å². The summed E-state index contributed by atoms with van der Waals surface area (Å²) >= 11 is 1.36. The predicted octanol–water partition coefficient (Wildman–Crippen LogP) is 2.66. The number of thiazole rings is 1. The van der Waals surface area contributed by atoms with E-state index in [0.717, 1.165) is 12.8 Å². The molecule has 1 aliphatic heterocycles. The zero-order valence-electron chi connectivity index (χ0n) is 14.2. The highest BCUT2D eigenvalue weighted by atomic mass is 32.1. The molecule has 23 heavy (non-hydrogen) atoms. The number of nitrogens with zero attached hydrogens (tertiary/aromatic N) is 3. The van der Waals surface area contributed by atoms with Gasteiger partial charge in [0.25, 0.3) is 0 Å². The lowest BCUT2D eigenvalue weighted by Gasteiger charge is -2.37. The normalized spacial score (nSPS) is 19.0. The average Bonchev–Trinajstić information content (AvgIpc) is 3.00. The number of ether oxygens (including phenoxy) is 1. The number of hydrogen-bond donors (Lipinski definition) is 0. The number of rotatable bonds is 4. The van der Waals surface area contributed by atoms with Crippen molar-refractivity contribution in [3.05, 3.63) is 16.6 Å². The first-order chi connectivity index (χ1) is 10.8. The van der Waals surface area contributed by atoms with Crippen LogP contribution in [0.2, 0.25) is 0 Å². The lowest BCUT2D eigenvalue weighted by molar-refractivity contribution is 0.0129. The smallest absolute Gasteiger partial charge is 0.410 e. The second-order valence-electron chi connectivity index (χ2n) is 6.90. The minimum atomic E-state index is -0.489. The van der Waals surface area contributed by atoms with Crippen molar-refractivity contribution in [2.75, 3.05) is 26.7 Å². The van der Waals surface area contributed by atoms with Gasteiger partial charge in [-0.25, -0.2) is 9.78 Å². The van der Waals surface area contributed by atoms with E-state index in [1.165, 1.54) is 11.3 Å². The van der Waals surface area contributed by atoms with Gasteiger partial charge in [0.2, 0.25) is 5.78 Å². The van der Waals surface area contributed by atoms with Crippen molar-refractivity contribution >= 4 is 23.2 Å². The van der Waals surface area contributed by atoms with Crippen LogP contribution in [0, 0.1) is 0 Å². The molecule has 1 aliphatic rings. The number of ketones is 1. The maximum atomic E-state index is 12.2. The maximum Gasteiger partial charge on any atom is 0.410 e. The summed E-state index contributed by atoms with van der Waals surface area (Å²) in [5, 5.41) is 2.34. The number of hydrogen-bond acceptors (Lipinski definition) is 6. The molecule has 0 spiro atoms. The molecule has 2 rings (SSSR count). The molecular formula is C16H25N3O3S. The Morgan fingerprint density at radius 3 is 2.83 bits per heavy atom. The number of carbonyl (C=O) groups is 2. The Balaban J connectivity index is 1.90. The van der Waals surface area contributed by atoms with Gasteiger partial charge in [-0.05, 0) is 40.7 Å². The molecule has 128 valence electrons. The Morgan fingerprint density at radius 1 is 1.48 bits per heavy atom. The molecule has 0 radical (unpaired) electrons. The summed E-state index contributed by atoms with van der Waals surface area (Å²) in [6, 6.07) is 0.167. The number of aromatic nitrogens is 1. The van der Waals surface area contributed by atoms with Gasteiger partial charge in [0.1, 0.15) is 5.60 Å². The van der Waals surface area contributed by atoms with E-state index in [1.54, 1.807) is 16.5 Å². The first kappa shape index (κ1) is 17.9. The molecule has 1 fully saturated rings. The fraction of sp³-hybridized carbons (Fsp3) is 0.688. The van der Waals surface area contributed by atoms with Gasteiger partial charge in [0.05, 0.1) is 6.54 Å². The summed E-state index contributed by atoms with van der Waals surface area (Å²) in [6.07, 6.45) is 3.26. The first-order valence-electron chi connectivity index (χ1n) is 7.87. The Kier molecular flexibility index (Phi) is 5.75. The quantitative estimate of drug-likeness (QED) is 0.789. The molecule has 0 aromatic carbocycles. The van der Waals surface area contributed by atoms with E-state index in [-0.39, 0.29) is 17.9 Å². The number of likely N-dealkylation sites (N-methyl/N-ethyl adjacent to an activating group) is 1. The zero-order valence-corrected chi connectivity index (χ0v) is 15.1. The van der Waals surface area contributed by atoms with Crippen molar-refractivity contribution in [2.45, 2.75) is 45.3 Å². The summed E-state index contributed by atoms with van der Waals surface area (Å²) in [6.45, 7) is 7.22. The standard InChI is InChI=1S/C16H25N3O3S/c1-16(2,3)22-15(21)19-8-5-6-12(10-19)18(4)11-13(20)14-17-7-9-23-14/h7,9,12H,5-6,8,10-11H2,1-4H3/t12-/m1/s1. The van der Waals surface area contributed by atoms with E-state index >= 15 is 0 Å². The SMILES string of the molecule is CN(CC(=O)c1nccs1)[C@@H]1CCCN(C(=O)OC(C)(C)C)C1. The highest BCUT2D eigenvalue weighted by Gasteiger charge is 2.30. The summed E-state index contributed by atoms with van der Waals surface area (Å²) in [5.41, 5.74) is -0.489. The van der Waals surface area contributed by atoms with Crippen LogP contribution in [0.4, 0.5) is 4.79 Å². The van der Waals surface area contributed by atoms with Crippen molar-refractivity contribution in [3.8, 4) is 0 Å². The van der Waals surface area contributed by atoms with Gasteiger partial charge in [0, 0.05) is 30.7 Å². The number of piperidine rings is 1. The third-order valence-corrected chi connectivity index (χ3v) is 4.55. The molecule has 0 N–H and O–H groups in total. The van der Waals surface area contributed by atoms with Crippen LogP contribution in [0.15, 0.2) is 11.6 Å². The van der Waals surface area contributed by atoms with Gasteiger partial charge in [-0.3, -0.25) is 9.69 Å². The minimum Gasteiger partial charge on any atom is -0.444 e. The summed E-state index contributed by atoms with van der Waals surface area (Å²) in [7, 11) is 1.93. The van der Waals surface area contributed by atoms with Crippen LogP contribution >= 0.6 is 11.3 Å². The van der Waals surface area contributed by atoms with Gasteiger partial charge in [-0.15, -0.1) is 11.3 Å². The Labute approximate surface area is 141 Å². The molecule has 7 heteroatoms. The number of likely N-dealkylation sites (tertiary alicyclic amines) is 1. The van der Waals surface area contributed by atoms with E-state index in [0.29, 0.717) is 24.6 Å². The number of Topliss-reactive ketones (excluding diaryl/α,β-unsaturated/α-hetero) is 1. The summed E-state index contributed by atoms with van der Waals surface area (Å²) < 4.78 is 5.44. The van der Waals surface area contributed by atoms with Crippen molar-refractivity contribution in [2.24, 2.45) is 0 Å². The van der Waals surface area contributed by atoms with Crippen LogP contribution in [0.25, 0.3) is 0 Å². The molecule has 0 unspecified atom stereocenters. The molecule has 6 nitrogen and oxygen atoms in total. The molecule has 1 aromatic rings. The van der Waals surface area contributed by atoms with Crippen LogP contribution in [-0.2, 0) is 4.74 Å². The van der Waals surface area contributed by atoms with Crippen molar-refractivity contribution in [1.29, 1.82) is 0 Å².